The monoisotopic (exact) mass is 418 g/mol. The Morgan fingerprint density at radius 2 is 1.17 bits per heavy atom. The number of benzene rings is 1. The quantitative estimate of drug-likeness (QED) is 0.194. The summed E-state index contributed by atoms with van der Waals surface area (Å²) in [4.78, 5) is 24.4. The number of hydrogen-bond acceptors (Lipinski definition) is 4. The number of esters is 2. The second-order valence-corrected chi connectivity index (χ2v) is 8.25. The van der Waals surface area contributed by atoms with Crippen LogP contribution in [-0.4, -0.2) is 24.6 Å². The highest BCUT2D eigenvalue weighted by Gasteiger charge is 2.13. The van der Waals surface area contributed by atoms with E-state index in [2.05, 4.69) is 13.8 Å². The molecule has 0 amide bonds. The summed E-state index contributed by atoms with van der Waals surface area (Å²) in [6.45, 7) is 6.81. The molecule has 30 heavy (non-hydrogen) atoms. The number of ether oxygens (including phenoxy) is 2. The van der Waals surface area contributed by atoms with E-state index in [0.717, 1.165) is 25.7 Å². The molecule has 0 aliphatic rings. The van der Waals surface area contributed by atoms with Crippen LogP contribution in [0.4, 0.5) is 0 Å². The van der Waals surface area contributed by atoms with Gasteiger partial charge in [-0.1, -0.05) is 78.1 Å². The van der Waals surface area contributed by atoms with Gasteiger partial charge >= 0.3 is 11.9 Å². The first kappa shape index (κ1) is 26.2. The molecule has 1 aromatic carbocycles. The van der Waals surface area contributed by atoms with E-state index in [9.17, 15) is 9.59 Å². The van der Waals surface area contributed by atoms with Gasteiger partial charge in [0, 0.05) is 0 Å². The van der Waals surface area contributed by atoms with Crippen molar-refractivity contribution in [2.24, 2.45) is 0 Å². The second kappa shape index (κ2) is 16.9. The SMILES string of the molecule is CCCCCCCCOC(=O)c1ccc(C(=O)OC(C)CCCCCCCC)cc1. The normalized spacial score (nSPS) is 11.8. The van der Waals surface area contributed by atoms with Crippen molar-refractivity contribution < 1.29 is 19.1 Å². The largest absolute Gasteiger partial charge is 0.462 e. The van der Waals surface area contributed by atoms with Gasteiger partial charge in [-0.3, -0.25) is 0 Å². The Balaban J connectivity index is 2.26. The molecule has 4 nitrogen and oxygen atoms in total. The zero-order valence-corrected chi connectivity index (χ0v) is 19.4. The molecular formula is C26H42O4. The molecule has 1 atom stereocenters. The van der Waals surface area contributed by atoms with Crippen molar-refractivity contribution in [1.29, 1.82) is 0 Å². The molecule has 4 heteroatoms. The predicted molar refractivity (Wildman–Crippen MR) is 123 cm³/mol. The highest BCUT2D eigenvalue weighted by Crippen LogP contribution is 2.13. The minimum atomic E-state index is -0.333. The number of rotatable bonds is 17. The number of unbranched alkanes of at least 4 members (excludes halogenated alkanes) is 10. The Morgan fingerprint density at radius 1 is 0.700 bits per heavy atom. The highest BCUT2D eigenvalue weighted by atomic mass is 16.5. The summed E-state index contributed by atoms with van der Waals surface area (Å²) >= 11 is 0. The summed E-state index contributed by atoms with van der Waals surface area (Å²) in [5, 5.41) is 0. The van der Waals surface area contributed by atoms with Gasteiger partial charge in [0.25, 0.3) is 0 Å². The Hall–Kier alpha value is -1.84. The Bertz CT molecular complexity index is 579. The lowest BCUT2D eigenvalue weighted by Gasteiger charge is -2.13. The van der Waals surface area contributed by atoms with Gasteiger partial charge in [-0.05, 0) is 50.5 Å². The van der Waals surface area contributed by atoms with Crippen molar-refractivity contribution in [3.05, 3.63) is 35.4 Å². The van der Waals surface area contributed by atoms with Gasteiger partial charge in [0.15, 0.2) is 0 Å². The summed E-state index contributed by atoms with van der Waals surface area (Å²) in [5.41, 5.74) is 0.940. The van der Waals surface area contributed by atoms with Gasteiger partial charge in [-0.25, -0.2) is 9.59 Å². The van der Waals surface area contributed by atoms with Crippen LogP contribution in [0.5, 0.6) is 0 Å². The van der Waals surface area contributed by atoms with Gasteiger partial charge in [0.1, 0.15) is 0 Å². The average molecular weight is 419 g/mol. The third-order valence-corrected chi connectivity index (χ3v) is 5.36. The molecule has 170 valence electrons. The number of carbonyl (C=O) groups is 2. The third-order valence-electron chi connectivity index (χ3n) is 5.36. The second-order valence-electron chi connectivity index (χ2n) is 8.25. The number of carbonyl (C=O) groups excluding carboxylic acids is 2. The molecule has 0 heterocycles. The van der Waals surface area contributed by atoms with Crippen molar-refractivity contribution in [3.8, 4) is 0 Å². The molecule has 0 saturated heterocycles. The van der Waals surface area contributed by atoms with Crippen molar-refractivity contribution in [2.75, 3.05) is 6.61 Å². The van der Waals surface area contributed by atoms with Gasteiger partial charge < -0.3 is 9.47 Å². The summed E-state index contributed by atoms with van der Waals surface area (Å²) in [6.07, 6.45) is 15.1. The zero-order valence-electron chi connectivity index (χ0n) is 19.4. The molecule has 0 saturated carbocycles. The minimum Gasteiger partial charge on any atom is -0.462 e. The Morgan fingerprint density at radius 3 is 1.73 bits per heavy atom. The fourth-order valence-corrected chi connectivity index (χ4v) is 3.39. The highest BCUT2D eigenvalue weighted by molar-refractivity contribution is 5.93. The smallest absolute Gasteiger partial charge is 0.338 e. The molecule has 0 aliphatic carbocycles. The van der Waals surface area contributed by atoms with E-state index in [1.54, 1.807) is 24.3 Å². The first-order valence-electron chi connectivity index (χ1n) is 12.1. The van der Waals surface area contributed by atoms with Crippen LogP contribution in [-0.2, 0) is 9.47 Å². The van der Waals surface area contributed by atoms with Gasteiger partial charge in [-0.15, -0.1) is 0 Å². The molecule has 1 rings (SSSR count). The Kier molecular flexibility index (Phi) is 14.8. The lowest BCUT2D eigenvalue weighted by Crippen LogP contribution is -2.15. The summed E-state index contributed by atoms with van der Waals surface area (Å²) in [7, 11) is 0. The van der Waals surface area contributed by atoms with Gasteiger partial charge in [0.2, 0.25) is 0 Å². The fourth-order valence-electron chi connectivity index (χ4n) is 3.39. The molecule has 0 aromatic heterocycles. The van der Waals surface area contributed by atoms with Crippen molar-refractivity contribution >= 4 is 11.9 Å². The van der Waals surface area contributed by atoms with E-state index in [0.29, 0.717) is 17.7 Å². The Labute approximate surface area is 183 Å². The fraction of sp³-hybridized carbons (Fsp3) is 0.692. The molecular weight excluding hydrogens is 376 g/mol. The molecule has 0 aliphatic heterocycles. The standard InChI is InChI=1S/C26H42O4/c1-4-6-8-10-12-14-16-22(3)30-26(28)24-19-17-23(18-20-24)25(27)29-21-15-13-11-9-7-5-2/h17-20,22H,4-16,21H2,1-3H3. The first-order valence-corrected chi connectivity index (χ1v) is 12.1. The molecule has 0 radical (unpaired) electrons. The van der Waals surface area contributed by atoms with Crippen LogP contribution in [0.1, 0.15) is 125 Å². The maximum absolute atomic E-state index is 12.3. The van der Waals surface area contributed by atoms with E-state index in [1.807, 2.05) is 6.92 Å². The van der Waals surface area contributed by atoms with Crippen LogP contribution < -0.4 is 0 Å². The first-order chi connectivity index (χ1) is 14.6. The van der Waals surface area contributed by atoms with Crippen molar-refractivity contribution in [2.45, 2.75) is 110 Å². The lowest BCUT2D eigenvalue weighted by molar-refractivity contribution is 0.0318. The molecule has 0 N–H and O–H groups in total. The van der Waals surface area contributed by atoms with Crippen LogP contribution in [0.25, 0.3) is 0 Å². The summed E-state index contributed by atoms with van der Waals surface area (Å²) < 4.78 is 10.9. The van der Waals surface area contributed by atoms with Crippen LogP contribution in [0.2, 0.25) is 0 Å². The maximum Gasteiger partial charge on any atom is 0.338 e. The molecule has 1 aromatic rings. The van der Waals surface area contributed by atoms with E-state index in [4.69, 9.17) is 9.47 Å². The van der Waals surface area contributed by atoms with E-state index in [1.165, 1.54) is 57.8 Å². The molecule has 0 bridgehead atoms. The van der Waals surface area contributed by atoms with Gasteiger partial charge in [0.05, 0.1) is 23.8 Å². The predicted octanol–water partition coefficient (Wildman–Crippen LogP) is 7.50. The zero-order chi connectivity index (χ0) is 22.0. The lowest BCUT2D eigenvalue weighted by atomic mass is 10.1. The topological polar surface area (TPSA) is 52.6 Å². The maximum atomic E-state index is 12.3. The number of hydrogen-bond donors (Lipinski definition) is 0. The van der Waals surface area contributed by atoms with Crippen molar-refractivity contribution in [3.63, 3.8) is 0 Å². The molecule has 1 unspecified atom stereocenters. The molecule has 0 spiro atoms. The van der Waals surface area contributed by atoms with Crippen LogP contribution >= 0.6 is 0 Å². The van der Waals surface area contributed by atoms with Crippen LogP contribution in [0, 0.1) is 0 Å². The van der Waals surface area contributed by atoms with E-state index in [-0.39, 0.29) is 18.0 Å². The van der Waals surface area contributed by atoms with E-state index >= 15 is 0 Å². The van der Waals surface area contributed by atoms with Crippen molar-refractivity contribution in [1.82, 2.24) is 0 Å². The molecule has 0 fully saturated rings. The minimum absolute atomic E-state index is 0.0920. The van der Waals surface area contributed by atoms with Gasteiger partial charge in [-0.2, -0.15) is 0 Å². The average Bonchev–Trinajstić information content (AvgIpc) is 2.75. The van der Waals surface area contributed by atoms with Crippen LogP contribution in [0.15, 0.2) is 24.3 Å². The van der Waals surface area contributed by atoms with Crippen LogP contribution in [0.3, 0.4) is 0 Å². The third kappa shape index (κ3) is 12.0. The summed E-state index contributed by atoms with van der Waals surface area (Å²) in [5.74, 6) is -0.666. The summed E-state index contributed by atoms with van der Waals surface area (Å²) in [6, 6.07) is 6.55. The van der Waals surface area contributed by atoms with E-state index < -0.39 is 0 Å².